The Kier molecular flexibility index (Phi) is 5.33. The molecule has 0 aromatic heterocycles. The standard InChI is InChI=1S/C15H13BrCl2O2/c1-9(19)11-6-5-10(16)7-15(11)20-8-12-13(17)3-2-4-14(12)18/h2-7,9,19H,8H2,1H3. The van der Waals surface area contributed by atoms with Gasteiger partial charge in [-0.25, -0.2) is 0 Å². The zero-order valence-corrected chi connectivity index (χ0v) is 13.8. The lowest BCUT2D eigenvalue weighted by Crippen LogP contribution is -2.02. The molecule has 0 bridgehead atoms. The first kappa shape index (κ1) is 15.6. The molecule has 2 nitrogen and oxygen atoms in total. The molecular weight excluding hydrogens is 363 g/mol. The van der Waals surface area contributed by atoms with E-state index in [0.717, 1.165) is 15.6 Å². The highest BCUT2D eigenvalue weighted by molar-refractivity contribution is 9.10. The van der Waals surface area contributed by atoms with E-state index in [1.165, 1.54) is 0 Å². The van der Waals surface area contributed by atoms with Gasteiger partial charge >= 0.3 is 0 Å². The molecule has 1 atom stereocenters. The highest BCUT2D eigenvalue weighted by Gasteiger charge is 2.12. The average molecular weight is 376 g/mol. The molecule has 0 saturated carbocycles. The molecule has 106 valence electrons. The van der Waals surface area contributed by atoms with Crippen LogP contribution in [0.2, 0.25) is 10.0 Å². The third kappa shape index (κ3) is 3.67. The summed E-state index contributed by atoms with van der Waals surface area (Å²) in [5, 5.41) is 10.9. The van der Waals surface area contributed by atoms with Gasteiger partial charge in [-0.05, 0) is 31.2 Å². The van der Waals surface area contributed by atoms with Crippen molar-refractivity contribution in [1.82, 2.24) is 0 Å². The minimum Gasteiger partial charge on any atom is -0.488 e. The second kappa shape index (κ2) is 6.81. The fraction of sp³-hybridized carbons (Fsp3) is 0.200. The lowest BCUT2D eigenvalue weighted by molar-refractivity contribution is 0.190. The molecule has 2 aromatic carbocycles. The van der Waals surface area contributed by atoms with Crippen LogP contribution in [-0.2, 0) is 6.61 Å². The van der Waals surface area contributed by atoms with E-state index in [-0.39, 0.29) is 6.61 Å². The highest BCUT2D eigenvalue weighted by atomic mass is 79.9. The number of benzene rings is 2. The van der Waals surface area contributed by atoms with Crippen LogP contribution in [0, 0.1) is 0 Å². The number of ether oxygens (including phenoxy) is 1. The third-order valence-corrected chi connectivity index (χ3v) is 4.06. The molecule has 0 spiro atoms. The van der Waals surface area contributed by atoms with Crippen LogP contribution >= 0.6 is 39.1 Å². The first-order valence-electron chi connectivity index (χ1n) is 6.02. The summed E-state index contributed by atoms with van der Waals surface area (Å²) in [6.07, 6.45) is -0.611. The molecule has 0 aliphatic carbocycles. The van der Waals surface area contributed by atoms with Gasteiger partial charge in [-0.15, -0.1) is 0 Å². The molecule has 0 amide bonds. The number of aliphatic hydroxyl groups excluding tert-OH is 1. The monoisotopic (exact) mass is 374 g/mol. The van der Waals surface area contributed by atoms with E-state index < -0.39 is 6.10 Å². The normalized spacial score (nSPS) is 12.2. The summed E-state index contributed by atoms with van der Waals surface area (Å²) >= 11 is 15.6. The van der Waals surface area contributed by atoms with Crippen LogP contribution in [-0.4, -0.2) is 5.11 Å². The highest BCUT2D eigenvalue weighted by Crippen LogP contribution is 2.31. The Morgan fingerprint density at radius 2 is 1.85 bits per heavy atom. The zero-order chi connectivity index (χ0) is 14.7. The van der Waals surface area contributed by atoms with E-state index in [4.69, 9.17) is 27.9 Å². The Bertz CT molecular complexity index is 595. The Labute approximate surface area is 136 Å². The summed E-state index contributed by atoms with van der Waals surface area (Å²) < 4.78 is 6.65. The largest absolute Gasteiger partial charge is 0.488 e. The van der Waals surface area contributed by atoms with E-state index in [9.17, 15) is 5.11 Å². The van der Waals surface area contributed by atoms with Gasteiger partial charge in [0, 0.05) is 25.6 Å². The van der Waals surface area contributed by atoms with Crippen molar-refractivity contribution in [1.29, 1.82) is 0 Å². The van der Waals surface area contributed by atoms with E-state index in [1.54, 1.807) is 25.1 Å². The van der Waals surface area contributed by atoms with Crippen LogP contribution in [0.5, 0.6) is 5.75 Å². The molecule has 0 aliphatic rings. The quantitative estimate of drug-likeness (QED) is 0.776. The smallest absolute Gasteiger partial charge is 0.126 e. The summed E-state index contributed by atoms with van der Waals surface area (Å²) in [5.74, 6) is 0.602. The molecule has 0 aliphatic heterocycles. The maximum Gasteiger partial charge on any atom is 0.126 e. The molecule has 2 rings (SSSR count). The van der Waals surface area contributed by atoms with Gasteiger partial charge in [-0.1, -0.05) is 51.3 Å². The van der Waals surface area contributed by atoms with Crippen molar-refractivity contribution in [2.75, 3.05) is 0 Å². The zero-order valence-electron chi connectivity index (χ0n) is 10.7. The van der Waals surface area contributed by atoms with Gasteiger partial charge in [0.1, 0.15) is 12.4 Å². The summed E-state index contributed by atoms with van der Waals surface area (Å²) in [5.41, 5.74) is 1.45. The topological polar surface area (TPSA) is 29.5 Å². The van der Waals surface area contributed by atoms with Crippen LogP contribution in [0.25, 0.3) is 0 Å². The van der Waals surface area contributed by atoms with E-state index in [2.05, 4.69) is 15.9 Å². The van der Waals surface area contributed by atoms with Gasteiger partial charge in [0.15, 0.2) is 0 Å². The van der Waals surface area contributed by atoms with E-state index in [1.807, 2.05) is 18.2 Å². The molecular formula is C15H13BrCl2O2. The van der Waals surface area contributed by atoms with Gasteiger partial charge in [0.05, 0.1) is 6.10 Å². The summed E-state index contributed by atoms with van der Waals surface area (Å²) in [6.45, 7) is 1.94. The first-order valence-corrected chi connectivity index (χ1v) is 7.57. The summed E-state index contributed by atoms with van der Waals surface area (Å²) in [6, 6.07) is 10.8. The summed E-state index contributed by atoms with van der Waals surface area (Å²) in [7, 11) is 0. The molecule has 1 unspecified atom stereocenters. The van der Waals surface area contributed by atoms with Gasteiger partial charge in [-0.2, -0.15) is 0 Å². The molecule has 5 heteroatoms. The predicted molar refractivity (Wildman–Crippen MR) is 85.6 cm³/mol. The van der Waals surface area contributed by atoms with E-state index >= 15 is 0 Å². The fourth-order valence-electron chi connectivity index (χ4n) is 1.80. The van der Waals surface area contributed by atoms with Crippen molar-refractivity contribution in [3.63, 3.8) is 0 Å². The second-order valence-electron chi connectivity index (χ2n) is 4.35. The van der Waals surface area contributed by atoms with Crippen molar-refractivity contribution in [2.24, 2.45) is 0 Å². The first-order chi connectivity index (χ1) is 9.49. The van der Waals surface area contributed by atoms with Crippen LogP contribution < -0.4 is 4.74 Å². The van der Waals surface area contributed by atoms with Crippen molar-refractivity contribution >= 4 is 39.1 Å². The molecule has 0 heterocycles. The number of hydrogen-bond acceptors (Lipinski definition) is 2. The Hall–Kier alpha value is -0.740. The van der Waals surface area contributed by atoms with Crippen molar-refractivity contribution in [2.45, 2.75) is 19.6 Å². The molecule has 0 radical (unpaired) electrons. The molecule has 20 heavy (non-hydrogen) atoms. The minimum absolute atomic E-state index is 0.245. The number of rotatable bonds is 4. The van der Waals surface area contributed by atoms with Gasteiger partial charge in [0.25, 0.3) is 0 Å². The molecule has 0 saturated heterocycles. The average Bonchev–Trinajstić information content (AvgIpc) is 2.37. The maximum absolute atomic E-state index is 9.75. The van der Waals surface area contributed by atoms with Crippen molar-refractivity contribution in [3.05, 3.63) is 62.0 Å². The lowest BCUT2D eigenvalue weighted by atomic mass is 10.1. The Balaban J connectivity index is 2.25. The SMILES string of the molecule is CC(O)c1ccc(Br)cc1OCc1c(Cl)cccc1Cl. The van der Waals surface area contributed by atoms with Gasteiger partial charge in [-0.3, -0.25) is 0 Å². The second-order valence-corrected chi connectivity index (χ2v) is 6.08. The third-order valence-electron chi connectivity index (χ3n) is 2.86. The summed E-state index contributed by atoms with van der Waals surface area (Å²) in [4.78, 5) is 0. The van der Waals surface area contributed by atoms with Crippen LogP contribution in [0.3, 0.4) is 0 Å². The predicted octanol–water partition coefficient (Wildman–Crippen LogP) is 5.39. The maximum atomic E-state index is 9.75. The number of halogens is 3. The molecule has 0 fully saturated rings. The van der Waals surface area contributed by atoms with Gasteiger partial charge < -0.3 is 9.84 Å². The van der Waals surface area contributed by atoms with Crippen LogP contribution in [0.1, 0.15) is 24.2 Å². The van der Waals surface area contributed by atoms with E-state index in [0.29, 0.717) is 15.8 Å². The number of aliphatic hydroxyl groups is 1. The van der Waals surface area contributed by atoms with Crippen LogP contribution in [0.4, 0.5) is 0 Å². The number of hydrogen-bond donors (Lipinski definition) is 1. The Morgan fingerprint density at radius 1 is 1.20 bits per heavy atom. The van der Waals surface area contributed by atoms with Crippen molar-refractivity contribution in [3.8, 4) is 5.75 Å². The lowest BCUT2D eigenvalue weighted by Gasteiger charge is -2.15. The Morgan fingerprint density at radius 3 is 2.45 bits per heavy atom. The molecule has 1 N–H and O–H groups in total. The van der Waals surface area contributed by atoms with Crippen molar-refractivity contribution < 1.29 is 9.84 Å². The molecule has 2 aromatic rings. The van der Waals surface area contributed by atoms with Gasteiger partial charge in [0.2, 0.25) is 0 Å². The fourth-order valence-corrected chi connectivity index (χ4v) is 2.65. The minimum atomic E-state index is -0.611. The van der Waals surface area contributed by atoms with Crippen LogP contribution in [0.15, 0.2) is 40.9 Å².